The average Bonchev–Trinajstić information content (AvgIpc) is 3.08. The number of hydrogen-bond acceptors (Lipinski definition) is 4. The van der Waals surface area contributed by atoms with Gasteiger partial charge in [0.1, 0.15) is 5.37 Å². The topological polar surface area (TPSA) is 58.6 Å². The van der Waals surface area contributed by atoms with Gasteiger partial charge in [-0.2, -0.15) is 0 Å². The van der Waals surface area contributed by atoms with Gasteiger partial charge in [0.2, 0.25) is 5.91 Å². The second-order valence-electron chi connectivity index (χ2n) is 7.32. The number of carbonyl (C=O) groups is 2. The van der Waals surface area contributed by atoms with Gasteiger partial charge in [0.15, 0.2) is 0 Å². The number of ether oxygens (including phenoxy) is 1. The first kappa shape index (κ1) is 21.4. The minimum atomic E-state index is -0.0857. The summed E-state index contributed by atoms with van der Waals surface area (Å²) in [6.07, 6.45) is 0.997. The molecule has 2 aromatic carbocycles. The first-order chi connectivity index (χ1) is 14.0. The molecule has 3 rings (SSSR count). The predicted molar refractivity (Wildman–Crippen MR) is 117 cm³/mol. The number of nitrogens with one attached hydrogen (secondary N) is 1. The second-order valence-corrected chi connectivity index (χ2v) is 8.39. The summed E-state index contributed by atoms with van der Waals surface area (Å²) in [6, 6.07) is 17.6. The minimum absolute atomic E-state index is 0.0204. The highest BCUT2D eigenvalue weighted by Gasteiger charge is 2.32. The largest absolute Gasteiger partial charge is 0.379 e. The Kier molecular flexibility index (Phi) is 7.72. The summed E-state index contributed by atoms with van der Waals surface area (Å²) < 4.78 is 5.48. The fourth-order valence-electron chi connectivity index (χ4n) is 3.18. The minimum Gasteiger partial charge on any atom is -0.379 e. The molecule has 0 unspecified atom stereocenters. The van der Waals surface area contributed by atoms with Crippen LogP contribution in [0, 0.1) is 0 Å². The SMILES string of the molecule is CC(C)OCCCNC(=O)c1ccc([C@@H]2SCC(=O)N2Cc2ccccc2)cc1. The maximum atomic E-state index is 12.4. The van der Waals surface area contributed by atoms with Crippen LogP contribution < -0.4 is 5.32 Å². The Morgan fingerprint density at radius 2 is 1.90 bits per heavy atom. The summed E-state index contributed by atoms with van der Waals surface area (Å²) in [5.74, 6) is 0.546. The summed E-state index contributed by atoms with van der Waals surface area (Å²) >= 11 is 1.63. The van der Waals surface area contributed by atoms with Crippen molar-refractivity contribution in [1.29, 1.82) is 0 Å². The molecule has 154 valence electrons. The van der Waals surface area contributed by atoms with Gasteiger partial charge < -0.3 is 15.0 Å². The number of hydrogen-bond donors (Lipinski definition) is 1. The molecule has 2 amide bonds. The molecule has 1 aliphatic heterocycles. The van der Waals surface area contributed by atoms with Gasteiger partial charge in [-0.1, -0.05) is 42.5 Å². The summed E-state index contributed by atoms with van der Waals surface area (Å²) in [4.78, 5) is 26.6. The first-order valence-corrected chi connectivity index (χ1v) is 11.0. The number of amides is 2. The van der Waals surface area contributed by atoms with Gasteiger partial charge in [0.05, 0.1) is 11.9 Å². The van der Waals surface area contributed by atoms with Crippen molar-refractivity contribution in [1.82, 2.24) is 10.2 Å². The van der Waals surface area contributed by atoms with Gasteiger partial charge in [0.25, 0.3) is 5.91 Å². The van der Waals surface area contributed by atoms with Crippen LogP contribution in [0.3, 0.4) is 0 Å². The van der Waals surface area contributed by atoms with E-state index in [9.17, 15) is 9.59 Å². The van der Waals surface area contributed by atoms with E-state index < -0.39 is 0 Å². The molecule has 0 spiro atoms. The number of rotatable bonds is 9. The highest BCUT2D eigenvalue weighted by molar-refractivity contribution is 8.00. The molecule has 0 aromatic heterocycles. The van der Waals surface area contributed by atoms with E-state index in [-0.39, 0.29) is 23.3 Å². The van der Waals surface area contributed by atoms with Crippen LogP contribution in [-0.4, -0.2) is 41.7 Å². The van der Waals surface area contributed by atoms with Gasteiger partial charge in [-0.3, -0.25) is 9.59 Å². The van der Waals surface area contributed by atoms with E-state index in [4.69, 9.17) is 4.74 Å². The lowest BCUT2D eigenvalue weighted by Crippen LogP contribution is -2.28. The summed E-state index contributed by atoms with van der Waals surface area (Å²) in [7, 11) is 0. The van der Waals surface area contributed by atoms with Gasteiger partial charge in [0, 0.05) is 25.3 Å². The molecule has 0 saturated carbocycles. The highest BCUT2D eigenvalue weighted by atomic mass is 32.2. The monoisotopic (exact) mass is 412 g/mol. The molecule has 1 aliphatic rings. The molecular formula is C23H28N2O3S. The maximum Gasteiger partial charge on any atom is 0.251 e. The van der Waals surface area contributed by atoms with E-state index in [0.717, 1.165) is 17.5 Å². The third-order valence-corrected chi connectivity index (χ3v) is 5.94. The van der Waals surface area contributed by atoms with Crippen LogP contribution >= 0.6 is 11.8 Å². The van der Waals surface area contributed by atoms with Gasteiger partial charge >= 0.3 is 0 Å². The predicted octanol–water partition coefficient (Wildman–Crippen LogP) is 4.01. The van der Waals surface area contributed by atoms with Crippen molar-refractivity contribution in [3.8, 4) is 0 Å². The van der Waals surface area contributed by atoms with Crippen LogP contribution in [0.4, 0.5) is 0 Å². The molecule has 0 radical (unpaired) electrons. The molecule has 1 fully saturated rings. The third kappa shape index (κ3) is 6.08. The molecule has 0 bridgehead atoms. The first-order valence-electron chi connectivity index (χ1n) is 9.99. The fraction of sp³-hybridized carbons (Fsp3) is 0.391. The van der Waals surface area contributed by atoms with E-state index in [1.54, 1.807) is 11.8 Å². The van der Waals surface area contributed by atoms with Crippen molar-refractivity contribution in [2.75, 3.05) is 18.9 Å². The quantitative estimate of drug-likeness (QED) is 0.633. The Balaban J connectivity index is 1.57. The number of nitrogens with zero attached hydrogens (tertiary/aromatic N) is 1. The molecule has 0 aliphatic carbocycles. The fourth-order valence-corrected chi connectivity index (χ4v) is 4.36. The van der Waals surface area contributed by atoms with E-state index in [0.29, 0.717) is 31.0 Å². The van der Waals surface area contributed by atoms with Crippen LogP contribution in [0.1, 0.15) is 47.1 Å². The molecule has 1 heterocycles. The zero-order valence-electron chi connectivity index (χ0n) is 17.0. The molecule has 1 saturated heterocycles. The summed E-state index contributed by atoms with van der Waals surface area (Å²) in [6.45, 7) is 5.82. The Morgan fingerprint density at radius 3 is 2.59 bits per heavy atom. The van der Waals surface area contributed by atoms with E-state index in [1.807, 2.05) is 73.3 Å². The third-order valence-electron chi connectivity index (χ3n) is 4.68. The van der Waals surface area contributed by atoms with Crippen molar-refractivity contribution in [2.24, 2.45) is 0 Å². The lowest BCUT2D eigenvalue weighted by molar-refractivity contribution is -0.128. The smallest absolute Gasteiger partial charge is 0.251 e. The Labute approximate surface area is 176 Å². The lowest BCUT2D eigenvalue weighted by atomic mass is 10.1. The molecule has 1 N–H and O–H groups in total. The second kappa shape index (κ2) is 10.5. The van der Waals surface area contributed by atoms with Gasteiger partial charge in [-0.15, -0.1) is 11.8 Å². The van der Waals surface area contributed by atoms with Gasteiger partial charge in [-0.05, 0) is 43.5 Å². The normalized spacial score (nSPS) is 16.4. The van der Waals surface area contributed by atoms with Crippen LogP contribution in [0.15, 0.2) is 54.6 Å². The van der Waals surface area contributed by atoms with E-state index in [1.165, 1.54) is 0 Å². The highest BCUT2D eigenvalue weighted by Crippen LogP contribution is 2.39. The number of carbonyl (C=O) groups excluding carboxylic acids is 2. The van der Waals surface area contributed by atoms with Crippen molar-refractivity contribution in [2.45, 2.75) is 38.3 Å². The van der Waals surface area contributed by atoms with Crippen molar-refractivity contribution >= 4 is 23.6 Å². The number of benzene rings is 2. The van der Waals surface area contributed by atoms with Crippen LogP contribution in [-0.2, 0) is 16.1 Å². The average molecular weight is 413 g/mol. The van der Waals surface area contributed by atoms with Crippen molar-refractivity contribution < 1.29 is 14.3 Å². The molecule has 1 atom stereocenters. The molecule has 6 heteroatoms. The van der Waals surface area contributed by atoms with Crippen LogP contribution in [0.25, 0.3) is 0 Å². The zero-order valence-corrected chi connectivity index (χ0v) is 17.8. The standard InChI is InChI=1S/C23H28N2O3S/c1-17(2)28-14-6-13-24-22(27)19-9-11-20(12-10-19)23-25(21(26)16-29-23)15-18-7-4-3-5-8-18/h3-5,7-12,17,23H,6,13-16H2,1-2H3,(H,24,27)/t23-/m0/s1. The van der Waals surface area contributed by atoms with Crippen LogP contribution in [0.2, 0.25) is 0 Å². The van der Waals surface area contributed by atoms with Crippen molar-refractivity contribution in [3.05, 3.63) is 71.3 Å². The summed E-state index contributed by atoms with van der Waals surface area (Å²) in [5, 5.41) is 2.90. The zero-order chi connectivity index (χ0) is 20.6. The summed E-state index contributed by atoms with van der Waals surface area (Å²) in [5.41, 5.74) is 2.78. The lowest BCUT2D eigenvalue weighted by Gasteiger charge is -2.24. The maximum absolute atomic E-state index is 12.4. The van der Waals surface area contributed by atoms with E-state index >= 15 is 0 Å². The molecule has 29 heavy (non-hydrogen) atoms. The van der Waals surface area contributed by atoms with Gasteiger partial charge in [-0.25, -0.2) is 0 Å². The molecule has 2 aromatic rings. The Bertz CT molecular complexity index is 809. The van der Waals surface area contributed by atoms with E-state index in [2.05, 4.69) is 5.32 Å². The molecule has 5 nitrogen and oxygen atoms in total. The van der Waals surface area contributed by atoms with Crippen molar-refractivity contribution in [3.63, 3.8) is 0 Å². The Morgan fingerprint density at radius 1 is 1.17 bits per heavy atom. The number of thioether (sulfide) groups is 1. The Hall–Kier alpha value is -2.31. The van der Waals surface area contributed by atoms with Crippen LogP contribution in [0.5, 0.6) is 0 Å². The molecular weight excluding hydrogens is 384 g/mol.